The SMILES string of the molecule is O=C(O)c1nc(Sc2ccccc2F)ccc1Cl. The van der Waals surface area contributed by atoms with Gasteiger partial charge in [-0.1, -0.05) is 35.5 Å². The van der Waals surface area contributed by atoms with Crippen molar-refractivity contribution in [2.45, 2.75) is 9.92 Å². The monoisotopic (exact) mass is 283 g/mol. The van der Waals surface area contributed by atoms with Gasteiger partial charge < -0.3 is 5.11 Å². The van der Waals surface area contributed by atoms with Crippen LogP contribution in [-0.2, 0) is 0 Å². The van der Waals surface area contributed by atoms with Crippen molar-refractivity contribution in [3.63, 3.8) is 0 Å². The van der Waals surface area contributed by atoms with E-state index in [0.717, 1.165) is 11.8 Å². The molecule has 0 aliphatic carbocycles. The Hall–Kier alpha value is -1.59. The summed E-state index contributed by atoms with van der Waals surface area (Å²) < 4.78 is 13.4. The summed E-state index contributed by atoms with van der Waals surface area (Å²) in [6.45, 7) is 0. The van der Waals surface area contributed by atoms with Crippen molar-refractivity contribution in [1.29, 1.82) is 0 Å². The molecule has 0 radical (unpaired) electrons. The van der Waals surface area contributed by atoms with Crippen LogP contribution >= 0.6 is 23.4 Å². The summed E-state index contributed by atoms with van der Waals surface area (Å²) in [7, 11) is 0. The molecule has 0 bridgehead atoms. The lowest BCUT2D eigenvalue weighted by Crippen LogP contribution is -2.01. The molecule has 0 fully saturated rings. The van der Waals surface area contributed by atoms with Crippen molar-refractivity contribution in [1.82, 2.24) is 4.98 Å². The smallest absolute Gasteiger partial charge is 0.356 e. The molecule has 3 nitrogen and oxygen atoms in total. The molecule has 0 aliphatic rings. The minimum Gasteiger partial charge on any atom is -0.476 e. The quantitative estimate of drug-likeness (QED) is 0.932. The first kappa shape index (κ1) is 12.9. The minimum absolute atomic E-state index is 0.0559. The first-order valence-corrected chi connectivity index (χ1v) is 6.09. The second-order valence-corrected chi connectivity index (χ2v) is 4.79. The summed E-state index contributed by atoms with van der Waals surface area (Å²) in [6, 6.07) is 9.18. The highest BCUT2D eigenvalue weighted by atomic mass is 35.5. The van der Waals surface area contributed by atoms with Crippen molar-refractivity contribution >= 4 is 29.3 Å². The molecule has 18 heavy (non-hydrogen) atoms. The third-order valence-electron chi connectivity index (χ3n) is 2.07. The molecule has 92 valence electrons. The summed E-state index contributed by atoms with van der Waals surface area (Å²) in [5.74, 6) is -1.59. The molecule has 0 saturated carbocycles. The molecule has 0 unspecified atom stereocenters. The summed E-state index contributed by atoms with van der Waals surface area (Å²) >= 11 is 6.75. The molecule has 1 N–H and O–H groups in total. The molecule has 0 saturated heterocycles. The van der Waals surface area contributed by atoms with Gasteiger partial charge in [0.15, 0.2) is 5.69 Å². The van der Waals surface area contributed by atoms with Crippen molar-refractivity contribution in [2.75, 3.05) is 0 Å². The average molecular weight is 284 g/mol. The van der Waals surface area contributed by atoms with Crippen molar-refractivity contribution in [2.24, 2.45) is 0 Å². The highest BCUT2D eigenvalue weighted by Crippen LogP contribution is 2.29. The first-order chi connectivity index (χ1) is 8.58. The number of nitrogens with zero attached hydrogens (tertiary/aromatic N) is 1. The summed E-state index contributed by atoms with van der Waals surface area (Å²) in [6.07, 6.45) is 0. The van der Waals surface area contributed by atoms with E-state index in [9.17, 15) is 9.18 Å². The molecule has 0 atom stereocenters. The van der Waals surface area contributed by atoms with Gasteiger partial charge in [-0.3, -0.25) is 0 Å². The van der Waals surface area contributed by atoms with Gasteiger partial charge in [0.05, 0.1) is 5.02 Å². The van der Waals surface area contributed by atoms with Gasteiger partial charge in [0, 0.05) is 4.90 Å². The zero-order valence-corrected chi connectivity index (χ0v) is 10.5. The lowest BCUT2D eigenvalue weighted by molar-refractivity contribution is 0.0690. The first-order valence-electron chi connectivity index (χ1n) is 4.90. The van der Waals surface area contributed by atoms with Gasteiger partial charge in [-0.15, -0.1) is 0 Å². The molecular weight excluding hydrogens is 277 g/mol. The molecule has 0 aliphatic heterocycles. The zero-order chi connectivity index (χ0) is 13.1. The minimum atomic E-state index is -1.21. The van der Waals surface area contributed by atoms with Crippen molar-refractivity contribution in [3.8, 4) is 0 Å². The third-order valence-corrected chi connectivity index (χ3v) is 3.37. The molecule has 1 heterocycles. The number of aromatic carboxylic acids is 1. The fourth-order valence-corrected chi connectivity index (χ4v) is 2.27. The Bertz CT molecular complexity index is 606. The van der Waals surface area contributed by atoms with Gasteiger partial charge in [0.1, 0.15) is 10.8 Å². The third kappa shape index (κ3) is 2.80. The van der Waals surface area contributed by atoms with Gasteiger partial charge in [-0.2, -0.15) is 0 Å². The Morgan fingerprint density at radius 3 is 2.67 bits per heavy atom. The van der Waals surface area contributed by atoms with Gasteiger partial charge in [-0.25, -0.2) is 14.2 Å². The molecule has 0 amide bonds. The molecule has 0 spiro atoms. The van der Waals surface area contributed by atoms with Crippen molar-refractivity contribution < 1.29 is 14.3 Å². The number of carboxylic acids is 1. The predicted octanol–water partition coefficient (Wildman–Crippen LogP) is 3.72. The van der Waals surface area contributed by atoms with E-state index in [4.69, 9.17) is 16.7 Å². The van der Waals surface area contributed by atoms with E-state index in [1.807, 2.05) is 0 Å². The number of carboxylic acid groups (broad SMARTS) is 1. The second kappa shape index (κ2) is 5.37. The van der Waals surface area contributed by atoms with Crippen LogP contribution in [0.1, 0.15) is 10.5 Å². The number of hydrogen-bond donors (Lipinski definition) is 1. The predicted molar refractivity (Wildman–Crippen MR) is 66.7 cm³/mol. The number of aromatic nitrogens is 1. The van der Waals surface area contributed by atoms with Crippen LogP contribution in [0.2, 0.25) is 5.02 Å². The van der Waals surface area contributed by atoms with Gasteiger partial charge in [0.25, 0.3) is 0 Å². The van der Waals surface area contributed by atoms with Crippen LogP contribution in [0.3, 0.4) is 0 Å². The van der Waals surface area contributed by atoms with E-state index in [1.165, 1.54) is 12.1 Å². The summed E-state index contributed by atoms with van der Waals surface area (Å²) in [5.41, 5.74) is -0.238. The van der Waals surface area contributed by atoms with Crippen LogP contribution in [-0.4, -0.2) is 16.1 Å². The van der Waals surface area contributed by atoms with E-state index in [-0.39, 0.29) is 16.5 Å². The normalized spacial score (nSPS) is 10.3. The van der Waals surface area contributed by atoms with Crippen LogP contribution in [0.25, 0.3) is 0 Å². The Morgan fingerprint density at radius 1 is 1.28 bits per heavy atom. The van der Waals surface area contributed by atoms with Gasteiger partial charge in [0.2, 0.25) is 0 Å². The maximum Gasteiger partial charge on any atom is 0.356 e. The number of hydrogen-bond acceptors (Lipinski definition) is 3. The fraction of sp³-hybridized carbons (Fsp3) is 0. The van der Waals surface area contributed by atoms with Gasteiger partial charge >= 0.3 is 5.97 Å². The lowest BCUT2D eigenvalue weighted by Gasteiger charge is -2.04. The Labute approximate surface area is 112 Å². The second-order valence-electron chi connectivity index (χ2n) is 3.32. The fourth-order valence-electron chi connectivity index (χ4n) is 1.27. The van der Waals surface area contributed by atoms with E-state index < -0.39 is 5.97 Å². The molecular formula is C12H7ClFNO2S. The van der Waals surface area contributed by atoms with Crippen LogP contribution < -0.4 is 0 Å². The maximum absolute atomic E-state index is 13.4. The molecule has 1 aromatic heterocycles. The highest BCUT2D eigenvalue weighted by molar-refractivity contribution is 7.99. The van der Waals surface area contributed by atoms with Gasteiger partial charge in [-0.05, 0) is 24.3 Å². The zero-order valence-electron chi connectivity index (χ0n) is 8.93. The summed E-state index contributed by atoms with van der Waals surface area (Å²) in [4.78, 5) is 15.1. The van der Waals surface area contributed by atoms with E-state index in [1.54, 1.807) is 24.3 Å². The summed E-state index contributed by atoms with van der Waals surface area (Å²) in [5, 5.41) is 9.31. The molecule has 1 aromatic carbocycles. The number of halogens is 2. The largest absolute Gasteiger partial charge is 0.476 e. The highest BCUT2D eigenvalue weighted by Gasteiger charge is 2.12. The number of benzene rings is 1. The molecule has 2 rings (SSSR count). The number of pyridine rings is 1. The van der Waals surface area contributed by atoms with Crippen LogP contribution in [0.4, 0.5) is 4.39 Å². The standard InChI is InChI=1S/C12H7ClFNO2S/c13-7-5-6-10(15-11(7)12(16)17)18-9-4-2-1-3-8(9)14/h1-6H,(H,16,17). The molecule has 6 heteroatoms. The van der Waals surface area contributed by atoms with Crippen LogP contribution in [0.15, 0.2) is 46.3 Å². The van der Waals surface area contributed by atoms with Crippen LogP contribution in [0.5, 0.6) is 0 Å². The van der Waals surface area contributed by atoms with E-state index in [0.29, 0.717) is 9.92 Å². The lowest BCUT2D eigenvalue weighted by atomic mass is 10.3. The molecule has 2 aromatic rings. The topological polar surface area (TPSA) is 50.2 Å². The van der Waals surface area contributed by atoms with Crippen LogP contribution in [0, 0.1) is 5.82 Å². The Kier molecular flexibility index (Phi) is 3.84. The average Bonchev–Trinajstić information content (AvgIpc) is 2.34. The van der Waals surface area contributed by atoms with Crippen molar-refractivity contribution in [3.05, 3.63) is 52.9 Å². The maximum atomic E-state index is 13.4. The number of carbonyl (C=O) groups is 1. The van der Waals surface area contributed by atoms with E-state index >= 15 is 0 Å². The number of rotatable bonds is 3. The Morgan fingerprint density at radius 2 is 2.00 bits per heavy atom. The van der Waals surface area contributed by atoms with E-state index in [2.05, 4.69) is 4.98 Å². The Balaban J connectivity index is 2.33.